The van der Waals surface area contributed by atoms with Crippen LogP contribution >= 0.6 is 0 Å². The molecule has 0 heterocycles. The Balaban J connectivity index is 3.96. The summed E-state index contributed by atoms with van der Waals surface area (Å²) in [7, 11) is 5.33. The van der Waals surface area contributed by atoms with Crippen molar-refractivity contribution in [2.75, 3.05) is 60.5 Å². The van der Waals surface area contributed by atoms with Crippen LogP contribution in [0.15, 0.2) is 0 Å². The third-order valence-electron chi connectivity index (χ3n) is 4.80. The lowest BCUT2D eigenvalue weighted by atomic mass is 10.2. The van der Waals surface area contributed by atoms with Crippen molar-refractivity contribution in [1.29, 1.82) is 0 Å². The Morgan fingerprint density at radius 3 is 2.19 bits per heavy atom. The van der Waals surface area contributed by atoms with Gasteiger partial charge in [-0.25, -0.2) is 4.79 Å². The standard InChI is InChI=1S/C22H43N3O6/c1-6-10-19(7-2)31-22(28)23-13-8-9-18-30-21(27)12-15-25(17-16-24(3)4)14-11-20(26)29-5/h19H,6-18H2,1-5H3,(H,23,28). The SMILES string of the molecule is CCCC(CC)OC(=O)NCCCCOC(=O)CCN(CCC(=O)OC)CCN(C)C. The first kappa shape index (κ1) is 29.1. The van der Waals surface area contributed by atoms with Gasteiger partial charge in [-0.05, 0) is 39.8 Å². The molecule has 0 rings (SSSR count). The van der Waals surface area contributed by atoms with Crippen molar-refractivity contribution in [1.82, 2.24) is 15.1 Å². The van der Waals surface area contributed by atoms with Gasteiger partial charge < -0.3 is 29.3 Å². The largest absolute Gasteiger partial charge is 0.469 e. The monoisotopic (exact) mass is 445 g/mol. The van der Waals surface area contributed by atoms with E-state index in [2.05, 4.69) is 26.8 Å². The Bertz CT molecular complexity index is 502. The second kappa shape index (κ2) is 18.9. The number of carbonyl (C=O) groups is 3. The summed E-state index contributed by atoms with van der Waals surface area (Å²) in [6.07, 6.45) is 4.20. The van der Waals surface area contributed by atoms with Gasteiger partial charge in [-0.15, -0.1) is 0 Å². The number of amides is 1. The first-order chi connectivity index (χ1) is 14.8. The zero-order chi connectivity index (χ0) is 23.5. The molecule has 182 valence electrons. The summed E-state index contributed by atoms with van der Waals surface area (Å²) < 4.78 is 15.3. The first-order valence-corrected chi connectivity index (χ1v) is 11.4. The molecule has 0 aliphatic heterocycles. The van der Waals surface area contributed by atoms with Gasteiger partial charge in [0.2, 0.25) is 0 Å². The highest BCUT2D eigenvalue weighted by atomic mass is 16.6. The van der Waals surface area contributed by atoms with Gasteiger partial charge in [0.25, 0.3) is 0 Å². The fourth-order valence-electron chi connectivity index (χ4n) is 2.81. The summed E-state index contributed by atoms with van der Waals surface area (Å²) in [6.45, 7) is 7.56. The van der Waals surface area contributed by atoms with Crippen LogP contribution in [0, 0.1) is 0 Å². The number of likely N-dealkylation sites (N-methyl/N-ethyl adjacent to an activating group) is 1. The molecule has 9 heteroatoms. The Morgan fingerprint density at radius 1 is 0.935 bits per heavy atom. The van der Waals surface area contributed by atoms with E-state index in [0.29, 0.717) is 45.5 Å². The maximum absolute atomic E-state index is 12.0. The lowest BCUT2D eigenvalue weighted by Crippen LogP contribution is -2.35. The van der Waals surface area contributed by atoms with E-state index in [9.17, 15) is 14.4 Å². The number of alkyl carbamates (subject to hydrolysis) is 1. The number of esters is 2. The third-order valence-corrected chi connectivity index (χ3v) is 4.80. The van der Waals surface area contributed by atoms with E-state index < -0.39 is 0 Å². The van der Waals surface area contributed by atoms with Crippen LogP contribution in [0.5, 0.6) is 0 Å². The summed E-state index contributed by atoms with van der Waals surface area (Å²) in [5.41, 5.74) is 0. The zero-order valence-corrected chi connectivity index (χ0v) is 20.1. The van der Waals surface area contributed by atoms with Crippen LogP contribution < -0.4 is 5.32 Å². The fourth-order valence-corrected chi connectivity index (χ4v) is 2.81. The smallest absolute Gasteiger partial charge is 0.407 e. The highest BCUT2D eigenvalue weighted by Gasteiger charge is 2.13. The van der Waals surface area contributed by atoms with Crippen molar-refractivity contribution in [3.05, 3.63) is 0 Å². The minimum atomic E-state index is -0.387. The van der Waals surface area contributed by atoms with Crippen molar-refractivity contribution < 1.29 is 28.6 Å². The molecule has 0 aromatic carbocycles. The average molecular weight is 446 g/mol. The first-order valence-electron chi connectivity index (χ1n) is 11.4. The van der Waals surface area contributed by atoms with Gasteiger partial charge in [-0.2, -0.15) is 0 Å². The van der Waals surface area contributed by atoms with E-state index in [1.807, 2.05) is 21.0 Å². The molecule has 0 saturated carbocycles. The highest BCUT2D eigenvalue weighted by molar-refractivity contribution is 5.70. The number of unbranched alkanes of at least 4 members (excludes halogenated alkanes) is 1. The van der Waals surface area contributed by atoms with Crippen molar-refractivity contribution >= 4 is 18.0 Å². The maximum atomic E-state index is 12.0. The van der Waals surface area contributed by atoms with Gasteiger partial charge in [0.15, 0.2) is 0 Å². The molecule has 0 spiro atoms. The molecule has 1 amide bonds. The molecule has 0 aromatic rings. The molecule has 9 nitrogen and oxygen atoms in total. The normalized spacial score (nSPS) is 12.0. The fraction of sp³-hybridized carbons (Fsp3) is 0.864. The van der Waals surface area contributed by atoms with E-state index in [4.69, 9.17) is 9.47 Å². The number of methoxy groups -OCH3 is 1. The Hall–Kier alpha value is -1.87. The molecule has 0 saturated heterocycles. The van der Waals surface area contributed by atoms with Gasteiger partial charge in [0, 0.05) is 32.7 Å². The van der Waals surface area contributed by atoms with Gasteiger partial charge in [-0.3, -0.25) is 9.59 Å². The van der Waals surface area contributed by atoms with Crippen molar-refractivity contribution in [3.63, 3.8) is 0 Å². The quantitative estimate of drug-likeness (QED) is 0.195. The van der Waals surface area contributed by atoms with Gasteiger partial charge >= 0.3 is 18.0 Å². The summed E-state index contributed by atoms with van der Waals surface area (Å²) in [4.78, 5) is 39.2. The Kier molecular flexibility index (Phi) is 17.7. The molecule has 31 heavy (non-hydrogen) atoms. The van der Waals surface area contributed by atoms with Crippen molar-refractivity contribution in [3.8, 4) is 0 Å². The minimum Gasteiger partial charge on any atom is -0.469 e. The van der Waals surface area contributed by atoms with Crippen molar-refractivity contribution in [2.45, 2.75) is 64.9 Å². The van der Waals surface area contributed by atoms with Gasteiger partial charge in [0.1, 0.15) is 6.10 Å². The molecular formula is C22H43N3O6. The van der Waals surface area contributed by atoms with E-state index in [-0.39, 0.29) is 30.6 Å². The molecule has 0 aliphatic carbocycles. The van der Waals surface area contributed by atoms with Crippen LogP contribution in [0.2, 0.25) is 0 Å². The third kappa shape index (κ3) is 17.5. The Labute approximate surface area is 187 Å². The molecule has 1 N–H and O–H groups in total. The van der Waals surface area contributed by atoms with Gasteiger partial charge in [0.05, 0.1) is 26.6 Å². The molecule has 0 aliphatic rings. The lowest BCUT2D eigenvalue weighted by molar-refractivity contribution is -0.144. The summed E-state index contributed by atoms with van der Waals surface area (Å²) in [6, 6.07) is 0. The molecule has 1 unspecified atom stereocenters. The number of hydrogen-bond acceptors (Lipinski definition) is 8. The number of carbonyl (C=O) groups excluding carboxylic acids is 3. The Morgan fingerprint density at radius 2 is 1.61 bits per heavy atom. The molecule has 1 atom stereocenters. The topological polar surface area (TPSA) is 97.4 Å². The second-order valence-electron chi connectivity index (χ2n) is 7.80. The average Bonchev–Trinajstić information content (AvgIpc) is 2.74. The minimum absolute atomic E-state index is 0.0316. The molecule has 0 radical (unpaired) electrons. The predicted molar refractivity (Wildman–Crippen MR) is 120 cm³/mol. The van der Waals surface area contributed by atoms with Crippen LogP contribution in [0.1, 0.15) is 58.8 Å². The summed E-state index contributed by atoms with van der Waals surface area (Å²) in [5, 5.41) is 2.74. The maximum Gasteiger partial charge on any atom is 0.407 e. The van der Waals surface area contributed by atoms with Crippen LogP contribution in [0.4, 0.5) is 4.79 Å². The molecule has 0 bridgehead atoms. The van der Waals surface area contributed by atoms with E-state index in [1.54, 1.807) is 0 Å². The zero-order valence-electron chi connectivity index (χ0n) is 20.1. The summed E-state index contributed by atoms with van der Waals surface area (Å²) >= 11 is 0. The number of rotatable bonds is 18. The predicted octanol–water partition coefficient (Wildman–Crippen LogP) is 2.43. The number of hydrogen-bond donors (Lipinski definition) is 1. The van der Waals surface area contributed by atoms with Crippen LogP contribution in [0.3, 0.4) is 0 Å². The second-order valence-corrected chi connectivity index (χ2v) is 7.80. The molecule has 0 aromatic heterocycles. The molecule has 0 fully saturated rings. The lowest BCUT2D eigenvalue weighted by Gasteiger charge is -2.23. The summed E-state index contributed by atoms with van der Waals surface area (Å²) in [5.74, 6) is -0.517. The van der Waals surface area contributed by atoms with Crippen LogP contribution in [0.25, 0.3) is 0 Å². The van der Waals surface area contributed by atoms with Crippen LogP contribution in [-0.4, -0.2) is 94.5 Å². The number of nitrogens with zero attached hydrogens (tertiary/aromatic N) is 2. The van der Waals surface area contributed by atoms with Crippen molar-refractivity contribution in [2.24, 2.45) is 0 Å². The van der Waals surface area contributed by atoms with E-state index in [0.717, 1.165) is 32.4 Å². The number of ether oxygens (including phenoxy) is 3. The van der Waals surface area contributed by atoms with E-state index in [1.165, 1.54) is 7.11 Å². The van der Waals surface area contributed by atoms with Gasteiger partial charge in [-0.1, -0.05) is 20.3 Å². The van der Waals surface area contributed by atoms with E-state index >= 15 is 0 Å². The highest BCUT2D eigenvalue weighted by Crippen LogP contribution is 2.06. The molecular weight excluding hydrogens is 402 g/mol. The van der Waals surface area contributed by atoms with Crippen LogP contribution in [-0.2, 0) is 23.8 Å². The number of nitrogens with one attached hydrogen (secondary N) is 1.